The largest absolute Gasteiger partial charge is 0.398 e. The molecule has 0 spiro atoms. The third-order valence-electron chi connectivity index (χ3n) is 2.04. The zero-order valence-corrected chi connectivity index (χ0v) is 10.3. The predicted octanol–water partition coefficient (Wildman–Crippen LogP) is 3.51. The number of thioether (sulfide) groups is 1. The highest BCUT2D eigenvalue weighted by molar-refractivity contribution is 7.98. The summed E-state index contributed by atoms with van der Waals surface area (Å²) in [6.45, 7) is 1.88. The molecular formula is C11H11ClN2OS. The molecule has 2 rings (SSSR count). The van der Waals surface area contributed by atoms with Crippen LogP contribution < -0.4 is 5.73 Å². The van der Waals surface area contributed by atoms with Crippen LogP contribution in [-0.2, 0) is 5.75 Å². The molecular weight excluding hydrogens is 244 g/mol. The van der Waals surface area contributed by atoms with Crippen LogP contribution in [0.1, 0.15) is 11.5 Å². The average Bonchev–Trinajstić information content (AvgIpc) is 2.66. The van der Waals surface area contributed by atoms with Gasteiger partial charge in [-0.15, -0.1) is 11.8 Å². The first kappa shape index (κ1) is 11.4. The van der Waals surface area contributed by atoms with E-state index in [2.05, 4.69) is 5.16 Å². The molecule has 0 fully saturated rings. The normalized spacial score (nSPS) is 10.6. The van der Waals surface area contributed by atoms with Crippen LogP contribution >= 0.6 is 23.4 Å². The van der Waals surface area contributed by atoms with Gasteiger partial charge in [0.05, 0.1) is 16.4 Å². The van der Waals surface area contributed by atoms with Gasteiger partial charge in [-0.05, 0) is 25.1 Å². The van der Waals surface area contributed by atoms with Crippen LogP contribution in [0.15, 0.2) is 33.7 Å². The number of nitrogens with two attached hydrogens (primary N) is 1. The van der Waals surface area contributed by atoms with Crippen LogP contribution in [-0.4, -0.2) is 5.16 Å². The lowest BCUT2D eigenvalue weighted by molar-refractivity contribution is 0.393. The number of nitrogen functional groups attached to an aromatic ring is 1. The van der Waals surface area contributed by atoms with Crippen molar-refractivity contribution >= 4 is 29.1 Å². The van der Waals surface area contributed by atoms with E-state index in [1.54, 1.807) is 17.8 Å². The van der Waals surface area contributed by atoms with Gasteiger partial charge in [-0.1, -0.05) is 16.8 Å². The summed E-state index contributed by atoms with van der Waals surface area (Å²) in [6.07, 6.45) is 0. The van der Waals surface area contributed by atoms with Gasteiger partial charge in [0, 0.05) is 16.7 Å². The lowest BCUT2D eigenvalue weighted by Gasteiger charge is -2.01. The lowest BCUT2D eigenvalue weighted by atomic mass is 10.3. The van der Waals surface area contributed by atoms with Crippen molar-refractivity contribution in [2.24, 2.45) is 0 Å². The Kier molecular flexibility index (Phi) is 3.41. The van der Waals surface area contributed by atoms with Crippen molar-refractivity contribution in [2.75, 3.05) is 5.73 Å². The molecule has 1 heterocycles. The number of hydrogen-bond acceptors (Lipinski definition) is 4. The van der Waals surface area contributed by atoms with E-state index in [1.807, 2.05) is 25.1 Å². The second kappa shape index (κ2) is 4.80. The molecule has 0 radical (unpaired) electrons. The Bertz CT molecular complexity index is 498. The highest BCUT2D eigenvalue weighted by atomic mass is 35.5. The number of aromatic nitrogens is 1. The van der Waals surface area contributed by atoms with Crippen LogP contribution in [0, 0.1) is 6.92 Å². The van der Waals surface area contributed by atoms with E-state index >= 15 is 0 Å². The van der Waals surface area contributed by atoms with Gasteiger partial charge in [-0.3, -0.25) is 0 Å². The molecule has 3 nitrogen and oxygen atoms in total. The van der Waals surface area contributed by atoms with Crippen molar-refractivity contribution in [2.45, 2.75) is 17.6 Å². The maximum absolute atomic E-state index is 5.93. The fourth-order valence-corrected chi connectivity index (χ4v) is 2.30. The summed E-state index contributed by atoms with van der Waals surface area (Å²) in [4.78, 5) is 1.07. The zero-order valence-electron chi connectivity index (χ0n) is 8.74. The molecule has 0 aliphatic heterocycles. The maximum Gasteiger partial charge on any atom is 0.133 e. The van der Waals surface area contributed by atoms with Crippen molar-refractivity contribution in [3.8, 4) is 0 Å². The third-order valence-corrected chi connectivity index (χ3v) is 3.39. The Morgan fingerprint density at radius 3 is 2.88 bits per heavy atom. The third kappa shape index (κ3) is 2.71. The van der Waals surface area contributed by atoms with E-state index < -0.39 is 0 Å². The SMILES string of the molecule is Cc1cc(CSc2ccc(N)c(Cl)c2)no1. The summed E-state index contributed by atoms with van der Waals surface area (Å²) < 4.78 is 4.99. The molecule has 2 aromatic rings. The first-order chi connectivity index (χ1) is 7.65. The molecule has 0 aliphatic carbocycles. The quantitative estimate of drug-likeness (QED) is 0.673. The number of halogens is 1. The van der Waals surface area contributed by atoms with Gasteiger partial charge in [0.15, 0.2) is 0 Å². The van der Waals surface area contributed by atoms with Crippen LogP contribution in [0.3, 0.4) is 0 Å². The molecule has 0 bridgehead atoms. The van der Waals surface area contributed by atoms with Crippen molar-refractivity contribution in [1.29, 1.82) is 0 Å². The fraction of sp³-hybridized carbons (Fsp3) is 0.182. The maximum atomic E-state index is 5.93. The van der Waals surface area contributed by atoms with E-state index in [0.717, 1.165) is 22.1 Å². The summed E-state index contributed by atoms with van der Waals surface area (Å²) >= 11 is 7.57. The smallest absolute Gasteiger partial charge is 0.133 e. The average molecular weight is 255 g/mol. The minimum Gasteiger partial charge on any atom is -0.398 e. The minimum absolute atomic E-state index is 0.585. The van der Waals surface area contributed by atoms with Gasteiger partial charge in [0.25, 0.3) is 0 Å². The summed E-state index contributed by atoms with van der Waals surface area (Å²) in [5, 5.41) is 4.50. The number of nitrogens with zero attached hydrogens (tertiary/aromatic N) is 1. The van der Waals surface area contributed by atoms with E-state index in [1.165, 1.54) is 0 Å². The topological polar surface area (TPSA) is 52.0 Å². The first-order valence-electron chi connectivity index (χ1n) is 4.75. The molecule has 16 heavy (non-hydrogen) atoms. The Labute approximate surface area is 103 Å². The number of rotatable bonds is 3. The highest BCUT2D eigenvalue weighted by Gasteiger charge is 2.03. The number of benzene rings is 1. The van der Waals surface area contributed by atoms with Gasteiger partial charge >= 0.3 is 0 Å². The van der Waals surface area contributed by atoms with E-state index in [-0.39, 0.29) is 0 Å². The standard InChI is InChI=1S/C11H11ClN2OS/c1-7-4-8(14-15-7)6-16-9-2-3-11(13)10(12)5-9/h2-5H,6,13H2,1H3. The van der Waals surface area contributed by atoms with Gasteiger partial charge in [-0.2, -0.15) is 0 Å². The second-order valence-electron chi connectivity index (χ2n) is 3.40. The van der Waals surface area contributed by atoms with Crippen LogP contribution in [0.25, 0.3) is 0 Å². The molecule has 1 aromatic heterocycles. The molecule has 0 saturated carbocycles. The van der Waals surface area contributed by atoms with E-state index in [4.69, 9.17) is 21.9 Å². The van der Waals surface area contributed by atoms with Crippen molar-refractivity contribution in [1.82, 2.24) is 5.16 Å². The first-order valence-corrected chi connectivity index (χ1v) is 6.11. The Morgan fingerprint density at radius 2 is 2.25 bits per heavy atom. The van der Waals surface area contributed by atoms with Gasteiger partial charge < -0.3 is 10.3 Å². The Hall–Kier alpha value is -1.13. The highest BCUT2D eigenvalue weighted by Crippen LogP contribution is 2.28. The van der Waals surface area contributed by atoms with E-state index in [9.17, 15) is 0 Å². The predicted molar refractivity (Wildman–Crippen MR) is 66.7 cm³/mol. The van der Waals surface area contributed by atoms with Crippen molar-refractivity contribution < 1.29 is 4.52 Å². The molecule has 0 saturated heterocycles. The Morgan fingerprint density at radius 1 is 1.44 bits per heavy atom. The van der Waals surface area contributed by atoms with Crippen molar-refractivity contribution in [3.63, 3.8) is 0 Å². The monoisotopic (exact) mass is 254 g/mol. The number of aryl methyl sites for hydroxylation is 1. The second-order valence-corrected chi connectivity index (χ2v) is 4.86. The zero-order chi connectivity index (χ0) is 11.5. The van der Waals surface area contributed by atoms with E-state index in [0.29, 0.717) is 10.7 Å². The van der Waals surface area contributed by atoms with Gasteiger partial charge in [0.2, 0.25) is 0 Å². The van der Waals surface area contributed by atoms with Crippen LogP contribution in [0.2, 0.25) is 5.02 Å². The molecule has 0 unspecified atom stereocenters. The molecule has 1 aromatic carbocycles. The minimum atomic E-state index is 0.585. The fourth-order valence-electron chi connectivity index (χ4n) is 1.24. The Balaban J connectivity index is 2.02. The summed E-state index contributed by atoms with van der Waals surface area (Å²) in [7, 11) is 0. The number of anilines is 1. The summed E-state index contributed by atoms with van der Waals surface area (Å²) in [5.74, 6) is 1.59. The van der Waals surface area contributed by atoms with Crippen molar-refractivity contribution in [3.05, 3.63) is 40.7 Å². The molecule has 0 atom stereocenters. The summed E-state index contributed by atoms with van der Waals surface area (Å²) in [5.41, 5.74) is 7.16. The van der Waals surface area contributed by atoms with Gasteiger partial charge in [-0.25, -0.2) is 0 Å². The molecule has 5 heteroatoms. The lowest BCUT2D eigenvalue weighted by Crippen LogP contribution is -1.86. The molecule has 0 aliphatic rings. The van der Waals surface area contributed by atoms with Crippen LogP contribution in [0.5, 0.6) is 0 Å². The molecule has 0 amide bonds. The van der Waals surface area contributed by atoms with Gasteiger partial charge in [0.1, 0.15) is 5.76 Å². The number of hydrogen-bond donors (Lipinski definition) is 1. The molecule has 84 valence electrons. The molecule has 2 N–H and O–H groups in total. The summed E-state index contributed by atoms with van der Waals surface area (Å²) in [6, 6.07) is 7.53. The van der Waals surface area contributed by atoms with Crippen LogP contribution in [0.4, 0.5) is 5.69 Å².